The highest BCUT2D eigenvalue weighted by Crippen LogP contribution is 2.46. The van der Waals surface area contributed by atoms with Crippen LogP contribution in [-0.2, 0) is 19.1 Å². The predicted molar refractivity (Wildman–Crippen MR) is 113 cm³/mol. The number of hydrogen-bond acceptors (Lipinski definition) is 6. The van der Waals surface area contributed by atoms with Crippen LogP contribution in [-0.4, -0.2) is 30.9 Å². The van der Waals surface area contributed by atoms with Crippen LogP contribution in [0.5, 0.6) is 0 Å². The monoisotopic (exact) mass is 411 g/mol. The molecule has 160 valence electrons. The van der Waals surface area contributed by atoms with Gasteiger partial charge >= 0.3 is 11.9 Å². The van der Waals surface area contributed by atoms with Gasteiger partial charge in [-0.1, -0.05) is 26.0 Å². The van der Waals surface area contributed by atoms with Gasteiger partial charge in [0.25, 0.3) is 0 Å². The zero-order chi connectivity index (χ0) is 22.2. The summed E-state index contributed by atoms with van der Waals surface area (Å²) in [6, 6.07) is 6.86. The van der Waals surface area contributed by atoms with Gasteiger partial charge in [0.05, 0.1) is 24.4 Å². The minimum absolute atomic E-state index is 0.0261. The van der Waals surface area contributed by atoms with Crippen molar-refractivity contribution in [3.8, 4) is 0 Å². The van der Waals surface area contributed by atoms with E-state index in [0.717, 1.165) is 11.3 Å². The van der Waals surface area contributed by atoms with E-state index in [1.54, 1.807) is 38.1 Å². The number of hydrogen-bond donors (Lipinski definition) is 1. The molecule has 1 aliphatic heterocycles. The lowest BCUT2D eigenvalue weighted by molar-refractivity contribution is -0.143. The lowest BCUT2D eigenvalue weighted by Gasteiger charge is -2.39. The van der Waals surface area contributed by atoms with E-state index in [9.17, 15) is 14.4 Å². The average Bonchev–Trinajstić information content (AvgIpc) is 2.64. The Hall–Kier alpha value is -2.89. The number of Topliss-reactive ketones (excluding diaryl/α,β-unsaturated/α-hetero) is 1. The summed E-state index contributed by atoms with van der Waals surface area (Å²) in [5, 5.41) is 3.31. The molecule has 0 unspecified atom stereocenters. The Morgan fingerprint density at radius 3 is 2.30 bits per heavy atom. The Morgan fingerprint density at radius 1 is 1.10 bits per heavy atom. The third-order valence-electron chi connectivity index (χ3n) is 5.47. The minimum atomic E-state index is -0.539. The Morgan fingerprint density at radius 2 is 1.73 bits per heavy atom. The maximum absolute atomic E-state index is 13.2. The molecule has 0 aromatic heterocycles. The van der Waals surface area contributed by atoms with Gasteiger partial charge in [0.2, 0.25) is 0 Å². The van der Waals surface area contributed by atoms with E-state index in [4.69, 9.17) is 9.47 Å². The summed E-state index contributed by atoms with van der Waals surface area (Å²) >= 11 is 0. The molecule has 1 N–H and O–H groups in total. The molecule has 2 aliphatic rings. The number of benzene rings is 1. The summed E-state index contributed by atoms with van der Waals surface area (Å²) in [5.74, 6) is -1.39. The van der Waals surface area contributed by atoms with Crippen molar-refractivity contribution >= 4 is 17.7 Å². The number of ketones is 1. The van der Waals surface area contributed by atoms with Crippen molar-refractivity contribution in [1.82, 2.24) is 5.32 Å². The van der Waals surface area contributed by atoms with Crippen molar-refractivity contribution in [1.29, 1.82) is 0 Å². The Balaban J connectivity index is 2.13. The molecule has 0 radical (unpaired) electrons. The standard InChI is InChI=1S/C24H29NO5/c1-13(2)30-23(28)19-14(3)25-17-11-24(4,5)12-18(26)21(17)20(19)15-7-9-16(10-8-15)22(27)29-6/h7-10,13,20,25H,11-12H2,1-6H3/t20-/m0/s1. The number of esters is 2. The molecule has 0 bridgehead atoms. The quantitative estimate of drug-likeness (QED) is 0.754. The lowest BCUT2D eigenvalue weighted by Crippen LogP contribution is -2.39. The molecule has 0 saturated heterocycles. The second-order valence-electron chi connectivity index (χ2n) is 9.00. The number of rotatable bonds is 4. The van der Waals surface area contributed by atoms with E-state index in [-0.39, 0.29) is 17.3 Å². The molecule has 6 heteroatoms. The first-order valence-corrected chi connectivity index (χ1v) is 10.2. The normalized spacial score (nSPS) is 20.6. The molecule has 30 heavy (non-hydrogen) atoms. The van der Waals surface area contributed by atoms with Crippen LogP contribution in [0.2, 0.25) is 0 Å². The fourth-order valence-corrected chi connectivity index (χ4v) is 4.25. The van der Waals surface area contributed by atoms with Gasteiger partial charge in [-0.3, -0.25) is 4.79 Å². The van der Waals surface area contributed by atoms with Crippen LogP contribution >= 0.6 is 0 Å². The zero-order valence-electron chi connectivity index (χ0n) is 18.4. The topological polar surface area (TPSA) is 81.7 Å². The Labute approximate surface area is 177 Å². The van der Waals surface area contributed by atoms with E-state index in [1.165, 1.54) is 7.11 Å². The number of dihydropyridines is 1. The van der Waals surface area contributed by atoms with Crippen LogP contribution in [0.15, 0.2) is 46.8 Å². The fourth-order valence-electron chi connectivity index (χ4n) is 4.25. The summed E-state index contributed by atoms with van der Waals surface area (Å²) in [6.07, 6.45) is 0.848. The highest BCUT2D eigenvalue weighted by Gasteiger charge is 2.43. The van der Waals surface area contributed by atoms with Gasteiger partial charge in [-0.25, -0.2) is 9.59 Å². The molecule has 1 aromatic rings. The number of allylic oxidation sites excluding steroid dienone is 3. The van der Waals surface area contributed by atoms with Crippen LogP contribution in [0.3, 0.4) is 0 Å². The first-order chi connectivity index (χ1) is 14.0. The fraction of sp³-hybridized carbons (Fsp3) is 0.458. The van der Waals surface area contributed by atoms with Crippen molar-refractivity contribution in [2.75, 3.05) is 7.11 Å². The van der Waals surface area contributed by atoms with E-state index >= 15 is 0 Å². The summed E-state index contributed by atoms with van der Waals surface area (Å²) in [4.78, 5) is 38.0. The molecule has 1 atom stereocenters. The third kappa shape index (κ3) is 4.18. The van der Waals surface area contributed by atoms with E-state index in [2.05, 4.69) is 19.2 Å². The summed E-state index contributed by atoms with van der Waals surface area (Å²) in [5.41, 5.74) is 3.61. The third-order valence-corrected chi connectivity index (χ3v) is 5.47. The SMILES string of the molecule is COC(=O)c1ccc([C@H]2C(C(=O)OC(C)C)=C(C)NC3=C2C(=O)CC(C)(C)C3)cc1. The van der Waals surface area contributed by atoms with E-state index in [0.29, 0.717) is 35.2 Å². The molecule has 0 saturated carbocycles. The second kappa shape index (κ2) is 8.09. The van der Waals surface area contributed by atoms with Crippen LogP contribution in [0.4, 0.5) is 0 Å². The van der Waals surface area contributed by atoms with Crippen molar-refractivity contribution < 1.29 is 23.9 Å². The highest BCUT2D eigenvalue weighted by molar-refractivity contribution is 6.04. The molecular weight excluding hydrogens is 382 g/mol. The van der Waals surface area contributed by atoms with Crippen molar-refractivity contribution in [3.63, 3.8) is 0 Å². The van der Waals surface area contributed by atoms with Gasteiger partial charge in [-0.05, 0) is 50.3 Å². The smallest absolute Gasteiger partial charge is 0.337 e. The average molecular weight is 411 g/mol. The summed E-state index contributed by atoms with van der Waals surface area (Å²) < 4.78 is 10.3. The maximum atomic E-state index is 13.2. The number of methoxy groups -OCH3 is 1. The largest absolute Gasteiger partial charge is 0.465 e. The minimum Gasteiger partial charge on any atom is -0.465 e. The lowest BCUT2D eigenvalue weighted by atomic mass is 9.68. The molecule has 1 aromatic carbocycles. The first-order valence-electron chi connectivity index (χ1n) is 10.2. The number of ether oxygens (including phenoxy) is 2. The summed E-state index contributed by atoms with van der Waals surface area (Å²) in [6.45, 7) is 9.56. The zero-order valence-corrected chi connectivity index (χ0v) is 18.4. The number of carbonyl (C=O) groups is 3. The van der Waals surface area contributed by atoms with Gasteiger partial charge < -0.3 is 14.8 Å². The molecule has 1 aliphatic carbocycles. The van der Waals surface area contributed by atoms with Gasteiger partial charge in [-0.15, -0.1) is 0 Å². The Bertz CT molecular complexity index is 950. The second-order valence-corrected chi connectivity index (χ2v) is 9.00. The first kappa shape index (κ1) is 21.8. The van der Waals surface area contributed by atoms with Gasteiger partial charge in [-0.2, -0.15) is 0 Å². The van der Waals surface area contributed by atoms with Crippen LogP contribution in [0.1, 0.15) is 69.3 Å². The maximum Gasteiger partial charge on any atom is 0.337 e. The summed E-state index contributed by atoms with van der Waals surface area (Å²) in [7, 11) is 1.33. The molecule has 0 amide bonds. The predicted octanol–water partition coefficient (Wildman–Crippen LogP) is 4.03. The van der Waals surface area contributed by atoms with Gasteiger partial charge in [0.15, 0.2) is 5.78 Å². The van der Waals surface area contributed by atoms with Crippen molar-refractivity contribution in [3.05, 3.63) is 57.9 Å². The molecule has 0 fully saturated rings. The van der Waals surface area contributed by atoms with Gasteiger partial charge in [0.1, 0.15) is 0 Å². The molecular formula is C24H29NO5. The molecule has 3 rings (SSSR count). The number of carbonyl (C=O) groups excluding carboxylic acids is 3. The van der Waals surface area contributed by atoms with Gasteiger partial charge in [0, 0.05) is 29.3 Å². The Kier molecular flexibility index (Phi) is 5.88. The van der Waals surface area contributed by atoms with Crippen LogP contribution in [0.25, 0.3) is 0 Å². The van der Waals surface area contributed by atoms with E-state index in [1.807, 2.05) is 6.92 Å². The van der Waals surface area contributed by atoms with E-state index < -0.39 is 17.9 Å². The van der Waals surface area contributed by atoms with Crippen LogP contribution in [0, 0.1) is 5.41 Å². The van der Waals surface area contributed by atoms with Crippen molar-refractivity contribution in [2.24, 2.45) is 5.41 Å². The van der Waals surface area contributed by atoms with Crippen LogP contribution < -0.4 is 5.32 Å². The molecule has 6 nitrogen and oxygen atoms in total. The van der Waals surface area contributed by atoms with Crippen molar-refractivity contribution in [2.45, 2.75) is 59.5 Å². The molecule has 1 heterocycles. The molecule has 0 spiro atoms. The number of nitrogens with one attached hydrogen (secondary N) is 1. The highest BCUT2D eigenvalue weighted by atomic mass is 16.5.